The number of likely N-dealkylation sites (tertiary alicyclic amines) is 1. The van der Waals surface area contributed by atoms with Crippen LogP contribution in [0.15, 0.2) is 42.5 Å². The summed E-state index contributed by atoms with van der Waals surface area (Å²) in [5.74, 6) is 4.10. The van der Waals surface area contributed by atoms with Gasteiger partial charge in [-0.3, -0.25) is 10.6 Å². The standard InChI is InChI=1S/C30H41F2N3O4/c1-19(36)26(15-20-13-24(31)17-25(32)14-20)27(37)18-35(33)28(21-9-11-34(12-10-21)29(38)39-5)22-7-6-8-23(16-22)30(2,3)4/h6-8,13-14,16-17,21,26-28,37H,9-12,15,18,33H2,1-5H3. The van der Waals surface area contributed by atoms with Crippen molar-refractivity contribution < 1.29 is 28.2 Å². The number of Topliss-reactive ketones (excluding diaryl/α,β-unsaturated/α-hetero) is 1. The molecule has 1 heterocycles. The lowest BCUT2D eigenvalue weighted by Crippen LogP contribution is -2.49. The summed E-state index contributed by atoms with van der Waals surface area (Å²) >= 11 is 0. The highest BCUT2D eigenvalue weighted by molar-refractivity contribution is 5.79. The number of carbonyl (C=O) groups excluding carboxylic acids is 2. The molecule has 9 heteroatoms. The van der Waals surface area contributed by atoms with Gasteiger partial charge in [-0.1, -0.05) is 45.0 Å². The van der Waals surface area contributed by atoms with Crippen LogP contribution in [0.1, 0.15) is 63.3 Å². The molecule has 1 amide bonds. The molecule has 1 aliphatic heterocycles. The second-order valence-corrected chi connectivity index (χ2v) is 11.6. The third-order valence-corrected chi connectivity index (χ3v) is 7.63. The molecule has 0 radical (unpaired) electrons. The number of halogens is 2. The molecule has 0 spiro atoms. The second-order valence-electron chi connectivity index (χ2n) is 11.6. The van der Waals surface area contributed by atoms with Crippen LogP contribution in [0.2, 0.25) is 0 Å². The van der Waals surface area contributed by atoms with Crippen LogP contribution in [0.25, 0.3) is 0 Å². The van der Waals surface area contributed by atoms with Crippen LogP contribution in [0.5, 0.6) is 0 Å². The lowest BCUT2D eigenvalue weighted by molar-refractivity contribution is -0.125. The first kappa shape index (κ1) is 30.7. The first-order chi connectivity index (χ1) is 18.3. The van der Waals surface area contributed by atoms with Gasteiger partial charge < -0.3 is 14.7 Å². The van der Waals surface area contributed by atoms with E-state index in [0.29, 0.717) is 31.5 Å². The quantitative estimate of drug-likeness (QED) is 0.348. The van der Waals surface area contributed by atoms with Gasteiger partial charge in [-0.05, 0) is 66.3 Å². The van der Waals surface area contributed by atoms with Gasteiger partial charge in [-0.15, -0.1) is 0 Å². The van der Waals surface area contributed by atoms with E-state index in [0.717, 1.165) is 17.2 Å². The Hall–Kier alpha value is -2.88. The molecule has 1 aliphatic rings. The van der Waals surface area contributed by atoms with E-state index >= 15 is 0 Å². The molecule has 1 fully saturated rings. The van der Waals surface area contributed by atoms with Crippen molar-refractivity contribution in [2.24, 2.45) is 17.7 Å². The Labute approximate surface area is 229 Å². The first-order valence-corrected chi connectivity index (χ1v) is 13.4. The molecule has 0 aliphatic carbocycles. The molecule has 2 aromatic rings. The zero-order chi connectivity index (χ0) is 28.9. The number of nitrogens with zero attached hydrogens (tertiary/aromatic N) is 2. The van der Waals surface area contributed by atoms with Crippen LogP contribution in [-0.4, -0.2) is 59.7 Å². The van der Waals surface area contributed by atoms with Gasteiger partial charge in [-0.2, -0.15) is 0 Å². The molecule has 39 heavy (non-hydrogen) atoms. The number of carbonyl (C=O) groups is 2. The summed E-state index contributed by atoms with van der Waals surface area (Å²) < 4.78 is 32.4. The lowest BCUT2D eigenvalue weighted by atomic mass is 9.81. The number of nitrogens with two attached hydrogens (primary N) is 1. The molecular formula is C30H41F2N3O4. The second kappa shape index (κ2) is 13.0. The molecule has 0 bridgehead atoms. The van der Waals surface area contributed by atoms with E-state index in [1.54, 1.807) is 9.91 Å². The van der Waals surface area contributed by atoms with Crippen molar-refractivity contribution in [2.45, 2.75) is 64.5 Å². The topological polar surface area (TPSA) is 96.1 Å². The zero-order valence-corrected chi connectivity index (χ0v) is 23.5. The number of aliphatic hydroxyl groups is 1. The van der Waals surface area contributed by atoms with E-state index in [1.807, 2.05) is 12.1 Å². The van der Waals surface area contributed by atoms with Gasteiger partial charge in [0.15, 0.2) is 0 Å². The summed E-state index contributed by atoms with van der Waals surface area (Å²) in [6.45, 7) is 8.77. The Morgan fingerprint density at radius 3 is 2.28 bits per heavy atom. The van der Waals surface area contributed by atoms with Crippen molar-refractivity contribution >= 4 is 11.9 Å². The molecule has 0 aromatic heterocycles. The molecule has 1 saturated heterocycles. The summed E-state index contributed by atoms with van der Waals surface area (Å²) in [5.41, 5.74) is 2.33. The predicted octanol–water partition coefficient (Wildman–Crippen LogP) is 4.77. The van der Waals surface area contributed by atoms with E-state index in [2.05, 4.69) is 32.9 Å². The lowest BCUT2D eigenvalue weighted by Gasteiger charge is -2.40. The number of amides is 1. The van der Waals surface area contributed by atoms with Gasteiger partial charge in [0.05, 0.1) is 19.3 Å². The third-order valence-electron chi connectivity index (χ3n) is 7.63. The van der Waals surface area contributed by atoms with Crippen LogP contribution in [0.3, 0.4) is 0 Å². The summed E-state index contributed by atoms with van der Waals surface area (Å²) in [7, 11) is 1.36. The largest absolute Gasteiger partial charge is 0.453 e. The van der Waals surface area contributed by atoms with Crippen LogP contribution in [-0.2, 0) is 21.4 Å². The number of hydrazine groups is 1. The van der Waals surface area contributed by atoms with Crippen LogP contribution >= 0.6 is 0 Å². The van der Waals surface area contributed by atoms with Gasteiger partial charge in [0.1, 0.15) is 17.4 Å². The Morgan fingerprint density at radius 1 is 1.13 bits per heavy atom. The van der Waals surface area contributed by atoms with Crippen LogP contribution in [0.4, 0.5) is 13.6 Å². The Morgan fingerprint density at radius 2 is 1.74 bits per heavy atom. The number of piperidine rings is 1. The van der Waals surface area contributed by atoms with E-state index in [9.17, 15) is 23.5 Å². The Balaban J connectivity index is 1.86. The normalized spacial score (nSPS) is 17.1. The van der Waals surface area contributed by atoms with Crippen molar-refractivity contribution in [3.63, 3.8) is 0 Å². The molecular weight excluding hydrogens is 504 g/mol. The van der Waals surface area contributed by atoms with E-state index in [1.165, 1.54) is 26.2 Å². The molecule has 3 unspecified atom stereocenters. The number of ketones is 1. The summed E-state index contributed by atoms with van der Waals surface area (Å²) in [4.78, 5) is 26.2. The SMILES string of the molecule is COC(=O)N1CCC(C(c2cccc(C(C)(C)C)c2)N(N)CC(O)C(Cc2cc(F)cc(F)c2)C(C)=O)CC1. The van der Waals surface area contributed by atoms with Crippen molar-refractivity contribution in [3.05, 3.63) is 70.8 Å². The Bertz CT molecular complexity index is 1130. The van der Waals surface area contributed by atoms with Gasteiger partial charge in [0, 0.05) is 31.6 Å². The average Bonchev–Trinajstić information content (AvgIpc) is 2.86. The highest BCUT2D eigenvalue weighted by Crippen LogP contribution is 2.36. The molecule has 0 saturated carbocycles. The smallest absolute Gasteiger partial charge is 0.409 e. The maximum absolute atomic E-state index is 13.8. The maximum atomic E-state index is 13.8. The zero-order valence-electron chi connectivity index (χ0n) is 23.5. The van der Waals surface area contributed by atoms with Gasteiger partial charge >= 0.3 is 6.09 Å². The van der Waals surface area contributed by atoms with Crippen LogP contribution in [0, 0.1) is 23.5 Å². The number of benzene rings is 2. The summed E-state index contributed by atoms with van der Waals surface area (Å²) in [6, 6.07) is 11.0. The number of hydrogen-bond acceptors (Lipinski definition) is 6. The molecule has 7 nitrogen and oxygen atoms in total. The summed E-state index contributed by atoms with van der Waals surface area (Å²) in [5, 5.41) is 12.8. The van der Waals surface area contributed by atoms with Crippen molar-refractivity contribution in [1.82, 2.24) is 9.91 Å². The predicted molar refractivity (Wildman–Crippen MR) is 146 cm³/mol. The van der Waals surface area contributed by atoms with Crippen molar-refractivity contribution in [2.75, 3.05) is 26.7 Å². The van der Waals surface area contributed by atoms with Gasteiger partial charge in [0.25, 0.3) is 0 Å². The average molecular weight is 546 g/mol. The molecule has 3 rings (SSSR count). The fourth-order valence-electron chi connectivity index (χ4n) is 5.44. The summed E-state index contributed by atoms with van der Waals surface area (Å²) in [6.07, 6.45) is -0.176. The Kier molecular flexibility index (Phi) is 10.2. The van der Waals surface area contributed by atoms with Crippen LogP contribution < -0.4 is 5.84 Å². The number of rotatable bonds is 9. The molecule has 3 atom stereocenters. The van der Waals surface area contributed by atoms with Crippen molar-refractivity contribution in [3.8, 4) is 0 Å². The molecule has 214 valence electrons. The number of ether oxygens (including phenoxy) is 1. The monoisotopic (exact) mass is 545 g/mol. The van der Waals surface area contributed by atoms with E-state index in [-0.39, 0.29) is 42.2 Å². The number of aliphatic hydroxyl groups excluding tert-OH is 1. The fraction of sp³-hybridized carbons (Fsp3) is 0.533. The van der Waals surface area contributed by atoms with Gasteiger partial charge in [-0.25, -0.2) is 18.6 Å². The maximum Gasteiger partial charge on any atom is 0.409 e. The minimum atomic E-state index is -1.16. The van der Waals surface area contributed by atoms with E-state index < -0.39 is 23.7 Å². The molecule has 2 aromatic carbocycles. The number of methoxy groups -OCH3 is 1. The van der Waals surface area contributed by atoms with E-state index in [4.69, 9.17) is 10.6 Å². The highest BCUT2D eigenvalue weighted by Gasteiger charge is 2.35. The first-order valence-electron chi connectivity index (χ1n) is 13.4. The molecule has 3 N–H and O–H groups in total. The highest BCUT2D eigenvalue weighted by atomic mass is 19.1. The number of hydrogen-bond donors (Lipinski definition) is 2. The minimum absolute atomic E-state index is 0.0132. The van der Waals surface area contributed by atoms with Crippen molar-refractivity contribution in [1.29, 1.82) is 0 Å². The fourth-order valence-corrected chi connectivity index (χ4v) is 5.44. The minimum Gasteiger partial charge on any atom is -0.453 e. The van der Waals surface area contributed by atoms with Gasteiger partial charge in [0.2, 0.25) is 0 Å². The third kappa shape index (κ3) is 8.06.